The number of anilines is 3. The van der Waals surface area contributed by atoms with Crippen LogP contribution in [0.1, 0.15) is 23.7 Å². The number of hydrogen-bond acceptors (Lipinski definition) is 7. The molecule has 0 atom stereocenters. The maximum Gasteiger partial charge on any atom is 0.338 e. The zero-order valence-corrected chi connectivity index (χ0v) is 14.2. The van der Waals surface area contributed by atoms with E-state index in [0.717, 1.165) is 37.4 Å². The average molecular weight is 341 g/mol. The number of likely N-dealkylation sites (N-methyl/N-ethyl adjacent to an activating group) is 1. The second-order valence-corrected chi connectivity index (χ2v) is 7.79. The normalized spacial score (nSPS) is 20.7. The fourth-order valence-corrected chi connectivity index (χ4v) is 4.79. The van der Waals surface area contributed by atoms with Gasteiger partial charge in [-0.05, 0) is 25.5 Å². The summed E-state index contributed by atoms with van der Waals surface area (Å²) in [6, 6.07) is 3.50. The molecular formula is C15H23N3O4S. The highest BCUT2D eigenvalue weighted by Gasteiger charge is 2.33. The molecule has 1 aromatic carbocycles. The Labute approximate surface area is 137 Å². The van der Waals surface area contributed by atoms with Gasteiger partial charge in [0.25, 0.3) is 0 Å². The van der Waals surface area contributed by atoms with E-state index in [1.54, 1.807) is 10.4 Å². The first-order valence-electron chi connectivity index (χ1n) is 7.76. The van der Waals surface area contributed by atoms with Crippen LogP contribution in [0.4, 0.5) is 17.1 Å². The van der Waals surface area contributed by atoms with E-state index in [1.165, 1.54) is 7.11 Å². The minimum absolute atomic E-state index is 0.363. The van der Waals surface area contributed by atoms with E-state index in [2.05, 4.69) is 17.1 Å². The second kappa shape index (κ2) is 6.10. The number of rotatable bonds is 3. The summed E-state index contributed by atoms with van der Waals surface area (Å²) in [5.41, 5.74) is 2.84. The molecule has 0 radical (unpaired) electrons. The van der Waals surface area contributed by atoms with Crippen LogP contribution in [0.25, 0.3) is 0 Å². The van der Waals surface area contributed by atoms with Gasteiger partial charge >= 0.3 is 5.97 Å². The van der Waals surface area contributed by atoms with Gasteiger partial charge in [-0.25, -0.2) is 4.79 Å². The second-order valence-electron chi connectivity index (χ2n) is 5.68. The highest BCUT2D eigenvalue weighted by Crippen LogP contribution is 2.54. The summed E-state index contributed by atoms with van der Waals surface area (Å²) in [7, 11) is -1.48. The molecule has 2 aliphatic heterocycles. The molecule has 3 N–H and O–H groups in total. The number of nitrogens with zero attached hydrogens (tertiary/aromatic N) is 2. The van der Waals surface area contributed by atoms with Crippen molar-refractivity contribution in [3.63, 3.8) is 0 Å². The van der Waals surface area contributed by atoms with Crippen molar-refractivity contribution in [3.8, 4) is 0 Å². The summed E-state index contributed by atoms with van der Waals surface area (Å²) in [5, 5.41) is 3.35. The summed E-state index contributed by atoms with van der Waals surface area (Å²) < 4.78 is 27.1. The van der Waals surface area contributed by atoms with Crippen molar-refractivity contribution in [3.05, 3.63) is 17.7 Å². The highest BCUT2D eigenvalue weighted by atomic mass is 32.3. The molecule has 3 rings (SSSR count). The maximum absolute atomic E-state index is 12.0. The summed E-state index contributed by atoms with van der Waals surface area (Å²) in [4.78, 5) is 14.2. The number of fused-ring (bicyclic) bond motifs is 1. The third-order valence-corrected chi connectivity index (χ3v) is 6.25. The largest absolute Gasteiger partial charge is 0.465 e. The first-order chi connectivity index (χ1) is 11.0. The fourth-order valence-electron chi connectivity index (χ4n) is 3.18. The lowest BCUT2D eigenvalue weighted by Crippen LogP contribution is -2.35. The van der Waals surface area contributed by atoms with Crippen LogP contribution in [0, 0.1) is 0 Å². The highest BCUT2D eigenvalue weighted by molar-refractivity contribution is 8.25. The molecule has 23 heavy (non-hydrogen) atoms. The van der Waals surface area contributed by atoms with E-state index < -0.39 is 16.7 Å². The lowest BCUT2D eigenvalue weighted by atomic mass is 10.1. The lowest BCUT2D eigenvalue weighted by Gasteiger charge is -2.41. The predicted octanol–water partition coefficient (Wildman–Crippen LogP) is 2.60. The van der Waals surface area contributed by atoms with Crippen LogP contribution in [-0.2, 0) is 4.74 Å². The molecule has 1 saturated heterocycles. The van der Waals surface area contributed by atoms with Gasteiger partial charge in [0.2, 0.25) is 0 Å². The van der Waals surface area contributed by atoms with E-state index in [4.69, 9.17) is 4.74 Å². The maximum atomic E-state index is 12.0. The number of esters is 1. The van der Waals surface area contributed by atoms with E-state index in [9.17, 15) is 13.9 Å². The van der Waals surface area contributed by atoms with E-state index >= 15 is 0 Å². The first kappa shape index (κ1) is 16.2. The topological polar surface area (TPSA) is 85.3 Å². The van der Waals surface area contributed by atoms with Crippen molar-refractivity contribution in [1.29, 1.82) is 0 Å². The first-order valence-corrected chi connectivity index (χ1v) is 9.44. The third-order valence-electron chi connectivity index (χ3n) is 4.32. The van der Waals surface area contributed by atoms with Crippen molar-refractivity contribution in [2.75, 3.05) is 53.6 Å². The molecule has 1 aromatic rings. The minimum atomic E-state index is -2.82. The van der Waals surface area contributed by atoms with Gasteiger partial charge in [-0.15, -0.1) is 10.8 Å². The molecule has 8 heteroatoms. The van der Waals surface area contributed by atoms with E-state index in [-0.39, 0.29) is 0 Å². The van der Waals surface area contributed by atoms with Gasteiger partial charge in [-0.3, -0.25) is 13.4 Å². The standard InChI is InChI=1S/C15H23N3O4S/c1-3-17-7-5-16-14-12(17)9-11(15(19)22-2)10-13(14)18-6-4-8-23(18,20)21/h9-10,16,20-21H,3-8H2,1-2H3. The van der Waals surface area contributed by atoms with Crippen LogP contribution in [-0.4, -0.2) is 54.1 Å². The Kier molecular flexibility index (Phi) is 4.31. The Hall–Kier alpha value is -1.64. The number of methoxy groups -OCH3 is 1. The molecule has 0 amide bonds. The molecule has 0 spiro atoms. The Morgan fingerprint density at radius 1 is 1.35 bits per heavy atom. The Balaban J connectivity index is 2.15. The fraction of sp³-hybridized carbons (Fsp3) is 0.533. The SMILES string of the molecule is CCN1CCNc2c1cc(C(=O)OC)cc2N1CCCS1(O)O. The Morgan fingerprint density at radius 3 is 2.70 bits per heavy atom. The van der Waals surface area contributed by atoms with Crippen molar-refractivity contribution in [2.45, 2.75) is 13.3 Å². The van der Waals surface area contributed by atoms with E-state index in [1.807, 2.05) is 6.07 Å². The zero-order valence-electron chi connectivity index (χ0n) is 13.4. The average Bonchev–Trinajstić information content (AvgIpc) is 2.91. The lowest BCUT2D eigenvalue weighted by molar-refractivity contribution is 0.0601. The molecule has 128 valence electrons. The van der Waals surface area contributed by atoms with Gasteiger partial charge in [0.05, 0.1) is 35.5 Å². The number of benzene rings is 1. The molecule has 7 nitrogen and oxygen atoms in total. The quantitative estimate of drug-likeness (QED) is 0.729. The molecule has 0 aliphatic carbocycles. The molecule has 2 aliphatic rings. The summed E-state index contributed by atoms with van der Waals surface area (Å²) >= 11 is 0. The van der Waals surface area contributed by atoms with Crippen molar-refractivity contribution in [2.24, 2.45) is 0 Å². The van der Waals surface area contributed by atoms with Gasteiger partial charge in [-0.1, -0.05) is 0 Å². The predicted molar refractivity (Wildman–Crippen MR) is 93.8 cm³/mol. The van der Waals surface area contributed by atoms with Crippen LogP contribution in [0.15, 0.2) is 12.1 Å². The summed E-state index contributed by atoms with van der Waals surface area (Å²) in [6.45, 7) is 5.05. The zero-order chi connectivity index (χ0) is 16.6. The van der Waals surface area contributed by atoms with Gasteiger partial charge in [0.1, 0.15) is 0 Å². The minimum Gasteiger partial charge on any atom is -0.465 e. The monoisotopic (exact) mass is 341 g/mol. The Bertz CT molecular complexity index is 623. The molecule has 0 bridgehead atoms. The number of carbonyl (C=O) groups excluding carboxylic acids is 1. The molecule has 0 saturated carbocycles. The van der Waals surface area contributed by atoms with Crippen LogP contribution in [0.2, 0.25) is 0 Å². The van der Waals surface area contributed by atoms with Crippen molar-refractivity contribution < 1.29 is 18.6 Å². The third kappa shape index (κ3) is 2.82. The number of hydrogen-bond donors (Lipinski definition) is 3. The van der Waals surface area contributed by atoms with Crippen molar-refractivity contribution >= 4 is 33.8 Å². The van der Waals surface area contributed by atoms with Crippen LogP contribution in [0.3, 0.4) is 0 Å². The molecule has 0 aromatic heterocycles. The summed E-state index contributed by atoms with van der Waals surface area (Å²) in [5.74, 6) is -0.0619. The van der Waals surface area contributed by atoms with E-state index in [0.29, 0.717) is 23.5 Å². The van der Waals surface area contributed by atoms with Crippen molar-refractivity contribution in [1.82, 2.24) is 0 Å². The van der Waals surface area contributed by atoms with Crippen LogP contribution < -0.4 is 14.5 Å². The van der Waals surface area contributed by atoms with Crippen LogP contribution in [0.5, 0.6) is 0 Å². The number of ether oxygens (including phenoxy) is 1. The molecule has 0 unspecified atom stereocenters. The molecular weight excluding hydrogens is 318 g/mol. The van der Waals surface area contributed by atoms with Gasteiger partial charge in [-0.2, -0.15) is 0 Å². The summed E-state index contributed by atoms with van der Waals surface area (Å²) in [6.07, 6.45) is 0.719. The van der Waals surface area contributed by atoms with Gasteiger partial charge in [0.15, 0.2) is 0 Å². The molecule has 1 fully saturated rings. The smallest absolute Gasteiger partial charge is 0.338 e. The number of carbonyl (C=O) groups is 1. The number of nitrogens with one attached hydrogen (secondary N) is 1. The van der Waals surface area contributed by atoms with Gasteiger partial charge in [0, 0.05) is 26.2 Å². The van der Waals surface area contributed by atoms with Crippen LogP contribution >= 0.6 is 10.8 Å². The Morgan fingerprint density at radius 2 is 2.09 bits per heavy atom. The molecule has 2 heterocycles. The van der Waals surface area contributed by atoms with Gasteiger partial charge < -0.3 is 15.0 Å².